The van der Waals surface area contributed by atoms with Gasteiger partial charge >= 0.3 is 0 Å². The Morgan fingerprint density at radius 1 is 0.625 bits per heavy atom. The first-order valence-electron chi connectivity index (χ1n) is 8.91. The van der Waals surface area contributed by atoms with Crippen molar-refractivity contribution in [2.45, 2.75) is 20.3 Å². The molecule has 0 aromatic heterocycles. The first kappa shape index (κ1) is 25.3. The van der Waals surface area contributed by atoms with E-state index >= 15 is 0 Å². The van der Waals surface area contributed by atoms with Crippen molar-refractivity contribution in [3.63, 3.8) is 0 Å². The van der Waals surface area contributed by atoms with Crippen LogP contribution in [-0.4, -0.2) is 23.0 Å². The minimum atomic E-state index is -4.25. The van der Waals surface area contributed by atoms with Gasteiger partial charge in [0.05, 0.1) is 9.79 Å². The molecule has 0 amide bonds. The molecule has 0 aliphatic rings. The first-order valence-corrected chi connectivity index (χ1v) is 13.4. The maximum atomic E-state index is 13.0. The summed E-state index contributed by atoms with van der Waals surface area (Å²) in [5.74, 6) is 0. The third-order valence-electron chi connectivity index (χ3n) is 4.32. The van der Waals surface area contributed by atoms with Gasteiger partial charge in [0.1, 0.15) is 6.17 Å². The van der Waals surface area contributed by atoms with E-state index in [1.165, 1.54) is 48.5 Å². The second-order valence-electron chi connectivity index (χ2n) is 6.57. The molecule has 3 rings (SSSR count). The average molecular weight is 554 g/mol. The molecule has 6 nitrogen and oxygen atoms in total. The van der Waals surface area contributed by atoms with E-state index in [-0.39, 0.29) is 15.4 Å². The van der Waals surface area contributed by atoms with Crippen molar-refractivity contribution in [1.29, 1.82) is 0 Å². The van der Waals surface area contributed by atoms with Gasteiger partial charge in [-0.2, -0.15) is 9.44 Å². The third kappa shape index (κ3) is 5.95. The molecular weight excluding hydrogens is 538 g/mol. The van der Waals surface area contributed by atoms with Gasteiger partial charge in [-0.15, -0.1) is 0 Å². The fraction of sp³-hybridized carbons (Fsp3) is 0.100. The summed E-state index contributed by atoms with van der Waals surface area (Å²) in [6, 6.07) is 18.7. The SMILES string of the molecule is O=S(=O)(NC(NS(=O)(=O)c1ccc(Cl)cc1)C(Cl)(Cl)c1ccccc1)c1ccc(Cl)cc1. The Morgan fingerprint density at radius 3 is 1.38 bits per heavy atom. The summed E-state index contributed by atoms with van der Waals surface area (Å²) in [6.07, 6.45) is -1.69. The lowest BCUT2D eigenvalue weighted by Gasteiger charge is -2.31. The van der Waals surface area contributed by atoms with Crippen molar-refractivity contribution < 1.29 is 16.8 Å². The number of sulfonamides is 2. The number of alkyl halides is 2. The number of halogens is 4. The van der Waals surface area contributed by atoms with E-state index in [4.69, 9.17) is 46.4 Å². The van der Waals surface area contributed by atoms with Gasteiger partial charge < -0.3 is 0 Å². The molecule has 12 heteroatoms. The zero-order valence-electron chi connectivity index (χ0n) is 16.0. The fourth-order valence-electron chi connectivity index (χ4n) is 2.67. The Bertz CT molecular complexity index is 1210. The van der Waals surface area contributed by atoms with Crippen LogP contribution < -0.4 is 9.44 Å². The van der Waals surface area contributed by atoms with E-state index in [1.54, 1.807) is 30.3 Å². The maximum absolute atomic E-state index is 13.0. The van der Waals surface area contributed by atoms with Crippen LogP contribution in [0.1, 0.15) is 5.56 Å². The van der Waals surface area contributed by atoms with E-state index in [0.29, 0.717) is 10.0 Å². The van der Waals surface area contributed by atoms with E-state index < -0.39 is 30.5 Å². The predicted octanol–water partition coefficient (Wildman–Crippen LogP) is 4.91. The zero-order chi connectivity index (χ0) is 23.6. The predicted molar refractivity (Wildman–Crippen MR) is 127 cm³/mol. The Hall–Kier alpha value is -1.36. The molecule has 2 N–H and O–H groups in total. The highest BCUT2D eigenvalue weighted by Crippen LogP contribution is 2.37. The zero-order valence-corrected chi connectivity index (χ0v) is 20.7. The minimum Gasteiger partial charge on any atom is -0.207 e. The first-order chi connectivity index (χ1) is 14.9. The molecule has 0 aliphatic carbocycles. The Morgan fingerprint density at radius 2 is 1.00 bits per heavy atom. The number of hydrogen-bond acceptors (Lipinski definition) is 4. The lowest BCUT2D eigenvalue weighted by Crippen LogP contribution is -2.55. The molecular formula is C20H16Cl4N2O4S2. The minimum absolute atomic E-state index is 0.158. The number of nitrogens with one attached hydrogen (secondary N) is 2. The lowest BCUT2D eigenvalue weighted by molar-refractivity contribution is 0.486. The van der Waals surface area contributed by atoms with Crippen molar-refractivity contribution in [1.82, 2.24) is 9.44 Å². The van der Waals surface area contributed by atoms with Gasteiger partial charge in [-0.1, -0.05) is 76.7 Å². The molecule has 0 atom stereocenters. The summed E-state index contributed by atoms with van der Waals surface area (Å²) in [6.45, 7) is 0. The molecule has 32 heavy (non-hydrogen) atoms. The van der Waals surface area contributed by atoms with Gasteiger partial charge in [0.15, 0.2) is 4.33 Å². The molecule has 0 radical (unpaired) electrons. The molecule has 0 bridgehead atoms. The van der Waals surface area contributed by atoms with E-state index in [2.05, 4.69) is 9.44 Å². The highest BCUT2D eigenvalue weighted by molar-refractivity contribution is 7.90. The topological polar surface area (TPSA) is 92.3 Å². The summed E-state index contributed by atoms with van der Waals surface area (Å²) < 4.78 is 54.4. The van der Waals surface area contributed by atoms with Crippen molar-refractivity contribution in [2.24, 2.45) is 0 Å². The molecule has 0 unspecified atom stereocenters. The Labute approximate surface area is 206 Å². The van der Waals surface area contributed by atoms with Gasteiger partial charge in [-0.3, -0.25) is 0 Å². The normalized spacial score (nSPS) is 12.8. The molecule has 170 valence electrons. The van der Waals surface area contributed by atoms with Crippen molar-refractivity contribution >= 4 is 66.5 Å². The van der Waals surface area contributed by atoms with Gasteiger partial charge in [-0.05, 0) is 54.1 Å². The monoisotopic (exact) mass is 552 g/mol. The van der Waals surface area contributed by atoms with Crippen molar-refractivity contribution in [2.75, 3.05) is 0 Å². The van der Waals surface area contributed by atoms with Crippen LogP contribution in [0.3, 0.4) is 0 Å². The summed E-state index contributed by atoms with van der Waals surface area (Å²) in [5.41, 5.74) is 0.269. The molecule has 0 fully saturated rings. The van der Waals surface area contributed by atoms with Gasteiger partial charge in [0.2, 0.25) is 20.0 Å². The van der Waals surface area contributed by atoms with E-state index in [9.17, 15) is 16.8 Å². The molecule has 0 saturated heterocycles. The summed E-state index contributed by atoms with van der Waals surface area (Å²) >= 11 is 24.7. The van der Waals surface area contributed by atoms with Crippen molar-refractivity contribution in [3.05, 3.63) is 94.5 Å². The van der Waals surface area contributed by atoms with Crippen LogP contribution in [0.5, 0.6) is 0 Å². The van der Waals surface area contributed by atoms with Crippen LogP contribution in [0.15, 0.2) is 88.7 Å². The lowest BCUT2D eigenvalue weighted by atomic mass is 10.1. The summed E-state index contributed by atoms with van der Waals surface area (Å²) in [7, 11) is -8.51. The number of rotatable bonds is 8. The highest BCUT2D eigenvalue weighted by atomic mass is 35.5. The highest BCUT2D eigenvalue weighted by Gasteiger charge is 2.42. The molecule has 0 heterocycles. The van der Waals surface area contributed by atoms with Crippen LogP contribution in [-0.2, 0) is 24.4 Å². The Balaban J connectivity index is 2.03. The summed E-state index contributed by atoms with van der Waals surface area (Å²) in [4.78, 5) is -0.315. The largest absolute Gasteiger partial charge is 0.242 e. The molecule has 3 aromatic carbocycles. The summed E-state index contributed by atoms with van der Waals surface area (Å²) in [5, 5.41) is 0.662. The second-order valence-corrected chi connectivity index (χ2v) is 12.3. The third-order valence-corrected chi connectivity index (χ3v) is 8.57. The van der Waals surface area contributed by atoms with Crippen LogP contribution in [0.2, 0.25) is 10.0 Å². The fourth-order valence-corrected chi connectivity index (χ4v) is 6.08. The van der Waals surface area contributed by atoms with Gasteiger partial charge in [0.25, 0.3) is 0 Å². The van der Waals surface area contributed by atoms with Gasteiger partial charge in [-0.25, -0.2) is 16.8 Å². The van der Waals surface area contributed by atoms with Crippen LogP contribution in [0, 0.1) is 0 Å². The average Bonchev–Trinajstić information content (AvgIpc) is 2.74. The second kappa shape index (κ2) is 9.87. The Kier molecular flexibility index (Phi) is 7.79. The number of hydrogen-bond donors (Lipinski definition) is 2. The van der Waals surface area contributed by atoms with Crippen LogP contribution in [0.25, 0.3) is 0 Å². The van der Waals surface area contributed by atoms with E-state index in [0.717, 1.165) is 0 Å². The van der Waals surface area contributed by atoms with E-state index in [1.807, 2.05) is 0 Å². The smallest absolute Gasteiger partial charge is 0.207 e. The maximum Gasteiger partial charge on any atom is 0.242 e. The van der Waals surface area contributed by atoms with Crippen molar-refractivity contribution in [3.8, 4) is 0 Å². The molecule has 3 aromatic rings. The number of benzene rings is 3. The molecule has 0 saturated carbocycles. The van der Waals surface area contributed by atoms with Crippen LogP contribution in [0.4, 0.5) is 0 Å². The quantitative estimate of drug-likeness (QED) is 0.306. The van der Waals surface area contributed by atoms with Gasteiger partial charge in [0, 0.05) is 10.0 Å². The van der Waals surface area contributed by atoms with Crippen LogP contribution >= 0.6 is 46.4 Å². The molecule has 0 aliphatic heterocycles. The standard InChI is InChI=1S/C20H16Cl4N2O4S2/c21-15-6-10-17(11-7-15)31(27,28)25-19(20(23,24)14-4-2-1-3-5-14)26-32(29,30)18-12-8-16(22)9-13-18/h1-13,19,25-26H. The molecule has 0 spiro atoms.